The number of ether oxygens (including phenoxy) is 3. The molecule has 154 valence electrons. The second-order valence-corrected chi connectivity index (χ2v) is 10.3. The van der Waals surface area contributed by atoms with Gasteiger partial charge < -0.3 is 19.5 Å². The molecule has 0 bridgehead atoms. The van der Waals surface area contributed by atoms with Gasteiger partial charge in [-0.1, -0.05) is 15.9 Å². The summed E-state index contributed by atoms with van der Waals surface area (Å²) in [7, 11) is 0. The monoisotopic (exact) mass is 572 g/mol. The summed E-state index contributed by atoms with van der Waals surface area (Å²) < 4.78 is 20.1. The quantitative estimate of drug-likeness (QED) is 0.477. The molecule has 2 aromatic rings. The fourth-order valence-electron chi connectivity index (χ4n) is 3.62. The van der Waals surface area contributed by atoms with Gasteiger partial charge in [0.1, 0.15) is 28.9 Å². The number of carbonyl (C=O) groups excluding carboxylic acids is 1. The van der Waals surface area contributed by atoms with Crippen LogP contribution in [0.25, 0.3) is 0 Å². The van der Waals surface area contributed by atoms with Gasteiger partial charge in [-0.2, -0.15) is 0 Å². The molecule has 0 aromatic heterocycles. The molecule has 2 heterocycles. The number of fused-ring (bicyclic) bond motifs is 4. The normalized spacial score (nSPS) is 23.0. The molecule has 0 saturated carbocycles. The molecule has 2 aromatic carbocycles. The van der Waals surface area contributed by atoms with Gasteiger partial charge in [-0.3, -0.25) is 5.32 Å². The molecule has 1 saturated heterocycles. The van der Waals surface area contributed by atoms with Gasteiger partial charge >= 0.3 is 6.09 Å². The summed E-state index contributed by atoms with van der Waals surface area (Å²) in [6, 6.07) is 11.9. The molecule has 1 spiro atoms. The smallest absolute Gasteiger partial charge is 0.409 e. The summed E-state index contributed by atoms with van der Waals surface area (Å²) in [6.45, 7) is 6.53. The highest BCUT2D eigenvalue weighted by Crippen LogP contribution is 2.50. The Balaban J connectivity index is 1.73. The molecule has 0 aliphatic carbocycles. The third kappa shape index (κ3) is 4.26. The predicted molar refractivity (Wildman–Crippen MR) is 121 cm³/mol. The van der Waals surface area contributed by atoms with Crippen LogP contribution in [-0.2, 0) is 15.1 Å². The van der Waals surface area contributed by atoms with E-state index in [1.807, 2.05) is 51.1 Å². The van der Waals surface area contributed by atoms with E-state index in [-0.39, 0.29) is 0 Å². The van der Waals surface area contributed by atoms with E-state index < -0.39 is 23.5 Å². The summed E-state index contributed by atoms with van der Waals surface area (Å²) >= 11 is 5.84. The first-order valence-electron chi connectivity index (χ1n) is 9.32. The van der Waals surface area contributed by atoms with Crippen molar-refractivity contribution in [2.75, 3.05) is 13.1 Å². The van der Waals surface area contributed by atoms with Crippen LogP contribution in [0.5, 0.6) is 11.5 Å². The number of amides is 1. The number of nitrogens with one attached hydrogen (secondary N) is 2. The van der Waals surface area contributed by atoms with Crippen LogP contribution in [0.3, 0.4) is 0 Å². The number of rotatable bonds is 1. The SMILES string of the molecule is CC(C)(C)OC(=O)N[C@@H]1CNCC2(O1)c1cc(Br)ccc1Oc1ccc(I)cc12. The third-order valence-electron chi connectivity index (χ3n) is 4.70. The van der Waals surface area contributed by atoms with Crippen molar-refractivity contribution in [1.82, 2.24) is 10.6 Å². The van der Waals surface area contributed by atoms with E-state index in [9.17, 15) is 4.79 Å². The number of hydrogen-bond acceptors (Lipinski definition) is 5. The maximum atomic E-state index is 12.3. The largest absolute Gasteiger partial charge is 0.457 e. The Hall–Kier alpha value is -1.36. The van der Waals surface area contributed by atoms with Crippen molar-refractivity contribution >= 4 is 44.6 Å². The van der Waals surface area contributed by atoms with E-state index in [0.29, 0.717) is 13.1 Å². The number of benzene rings is 2. The lowest BCUT2D eigenvalue weighted by molar-refractivity contribution is -0.112. The first kappa shape index (κ1) is 20.9. The van der Waals surface area contributed by atoms with Gasteiger partial charge in [0, 0.05) is 32.3 Å². The van der Waals surface area contributed by atoms with Crippen LogP contribution in [0, 0.1) is 3.57 Å². The van der Waals surface area contributed by atoms with Crippen LogP contribution in [0.4, 0.5) is 4.79 Å². The molecular weight excluding hydrogens is 551 g/mol. The van der Waals surface area contributed by atoms with Crippen molar-refractivity contribution in [2.45, 2.75) is 38.2 Å². The summed E-state index contributed by atoms with van der Waals surface area (Å²) in [5.74, 6) is 1.49. The molecule has 29 heavy (non-hydrogen) atoms. The molecule has 2 aliphatic heterocycles. The maximum Gasteiger partial charge on any atom is 0.409 e. The molecule has 2 N–H and O–H groups in total. The van der Waals surface area contributed by atoms with Crippen LogP contribution in [0.15, 0.2) is 40.9 Å². The maximum absolute atomic E-state index is 12.3. The molecule has 1 amide bonds. The van der Waals surface area contributed by atoms with E-state index in [4.69, 9.17) is 14.2 Å². The Bertz CT molecular complexity index is 909. The van der Waals surface area contributed by atoms with Crippen LogP contribution in [0.2, 0.25) is 0 Å². The number of hydrogen-bond donors (Lipinski definition) is 2. The average molecular weight is 573 g/mol. The van der Waals surface area contributed by atoms with Gasteiger partial charge in [0.15, 0.2) is 0 Å². The summed E-state index contributed by atoms with van der Waals surface area (Å²) in [6.07, 6.45) is -1.07. The summed E-state index contributed by atoms with van der Waals surface area (Å²) in [5.41, 5.74) is 0.455. The zero-order valence-corrected chi connectivity index (χ0v) is 20.1. The van der Waals surface area contributed by atoms with Gasteiger partial charge in [0.25, 0.3) is 0 Å². The second-order valence-electron chi connectivity index (χ2n) is 8.09. The van der Waals surface area contributed by atoms with Gasteiger partial charge in [-0.05, 0) is 79.8 Å². The minimum Gasteiger partial charge on any atom is -0.457 e. The Morgan fingerprint density at radius 1 is 1.24 bits per heavy atom. The van der Waals surface area contributed by atoms with Crippen molar-refractivity contribution < 1.29 is 19.0 Å². The minimum absolute atomic E-state index is 0.477. The highest BCUT2D eigenvalue weighted by Gasteiger charge is 2.47. The fourth-order valence-corrected chi connectivity index (χ4v) is 4.47. The van der Waals surface area contributed by atoms with Crippen molar-refractivity contribution in [3.63, 3.8) is 0 Å². The molecular formula is C21H22BrIN2O4. The predicted octanol–water partition coefficient (Wildman–Crippen LogP) is 4.87. The summed E-state index contributed by atoms with van der Waals surface area (Å²) in [4.78, 5) is 12.3. The lowest BCUT2D eigenvalue weighted by Crippen LogP contribution is -2.58. The highest BCUT2D eigenvalue weighted by molar-refractivity contribution is 14.1. The van der Waals surface area contributed by atoms with Crippen molar-refractivity contribution in [3.8, 4) is 11.5 Å². The molecule has 6 nitrogen and oxygen atoms in total. The zero-order chi connectivity index (χ0) is 20.8. The number of morpholine rings is 1. The van der Waals surface area contributed by atoms with E-state index in [0.717, 1.165) is 30.7 Å². The molecule has 1 fully saturated rings. The minimum atomic E-state index is -0.800. The Morgan fingerprint density at radius 3 is 2.66 bits per heavy atom. The van der Waals surface area contributed by atoms with E-state index in [1.165, 1.54) is 0 Å². The first-order valence-corrected chi connectivity index (χ1v) is 11.2. The second kappa shape index (κ2) is 7.72. The summed E-state index contributed by atoms with van der Waals surface area (Å²) in [5, 5.41) is 6.25. The van der Waals surface area contributed by atoms with Crippen LogP contribution < -0.4 is 15.4 Å². The molecule has 2 aliphatic rings. The highest BCUT2D eigenvalue weighted by atomic mass is 127. The molecule has 8 heteroatoms. The van der Waals surface area contributed by atoms with Gasteiger partial charge in [0.2, 0.25) is 0 Å². The third-order valence-corrected chi connectivity index (χ3v) is 5.86. The van der Waals surface area contributed by atoms with Crippen LogP contribution in [0.1, 0.15) is 31.9 Å². The van der Waals surface area contributed by atoms with Crippen molar-refractivity contribution in [1.29, 1.82) is 0 Å². The Kier molecular flexibility index (Phi) is 5.56. The molecule has 1 unspecified atom stereocenters. The standard InChI is InChI=1S/C21H22BrIN2O4/c1-20(2,3)29-19(26)25-18-10-24-11-21(28-18)14-8-12(22)4-6-16(14)27-17-7-5-13(23)9-15(17)21/h4-9,18,24H,10-11H2,1-3H3,(H,25,26)/t18-,21?/m0/s1. The molecule has 4 rings (SSSR count). The van der Waals surface area contributed by atoms with Gasteiger partial charge in [0.05, 0.1) is 0 Å². The van der Waals surface area contributed by atoms with Gasteiger partial charge in [-0.25, -0.2) is 4.79 Å². The number of alkyl carbamates (subject to hydrolysis) is 1. The topological polar surface area (TPSA) is 68.8 Å². The van der Waals surface area contributed by atoms with Crippen LogP contribution in [-0.4, -0.2) is 31.0 Å². The average Bonchev–Trinajstić information content (AvgIpc) is 2.62. The van der Waals surface area contributed by atoms with E-state index >= 15 is 0 Å². The van der Waals surface area contributed by atoms with E-state index in [1.54, 1.807) is 0 Å². The van der Waals surface area contributed by atoms with Crippen molar-refractivity contribution in [3.05, 3.63) is 55.6 Å². The first-order chi connectivity index (χ1) is 13.7. The fraction of sp³-hybridized carbons (Fsp3) is 0.381. The number of carbonyl (C=O) groups is 1. The van der Waals surface area contributed by atoms with Gasteiger partial charge in [-0.15, -0.1) is 0 Å². The molecule has 2 atom stereocenters. The van der Waals surface area contributed by atoms with Crippen molar-refractivity contribution in [2.24, 2.45) is 0 Å². The molecule has 0 radical (unpaired) electrons. The Labute approximate surface area is 191 Å². The number of halogens is 2. The lowest BCUT2D eigenvalue weighted by Gasteiger charge is -2.45. The lowest BCUT2D eigenvalue weighted by atomic mass is 9.82. The zero-order valence-electron chi connectivity index (χ0n) is 16.3. The van der Waals surface area contributed by atoms with E-state index in [2.05, 4.69) is 55.2 Å². The Morgan fingerprint density at radius 2 is 1.93 bits per heavy atom. The van der Waals surface area contributed by atoms with Crippen LogP contribution >= 0.6 is 38.5 Å².